The molecule has 2 amide bonds. The van der Waals surface area contributed by atoms with Crippen LogP contribution in [-0.4, -0.2) is 44.3 Å². The Bertz CT molecular complexity index is 775. The van der Waals surface area contributed by atoms with Crippen LogP contribution >= 0.6 is 0 Å². The van der Waals surface area contributed by atoms with E-state index >= 15 is 0 Å². The molecular weight excluding hydrogens is 392 g/mol. The van der Waals surface area contributed by atoms with Crippen molar-refractivity contribution in [1.29, 1.82) is 0 Å². The summed E-state index contributed by atoms with van der Waals surface area (Å²) >= 11 is 0. The van der Waals surface area contributed by atoms with Gasteiger partial charge in [0.25, 0.3) is 0 Å². The first kappa shape index (κ1) is 23.3. The maximum atomic E-state index is 13.0. The van der Waals surface area contributed by atoms with Crippen molar-refractivity contribution in [3.8, 4) is 11.5 Å². The molecule has 2 rings (SSSR count). The molecule has 164 valence electrons. The highest BCUT2D eigenvalue weighted by Crippen LogP contribution is 2.30. The quantitative estimate of drug-likeness (QED) is 0.602. The van der Waals surface area contributed by atoms with Gasteiger partial charge in [0, 0.05) is 18.6 Å². The predicted molar refractivity (Wildman–Crippen MR) is 114 cm³/mol. The Morgan fingerprint density at radius 3 is 2.48 bits per heavy atom. The summed E-state index contributed by atoms with van der Waals surface area (Å²) in [5.74, 6) is 0.347. The van der Waals surface area contributed by atoms with Crippen molar-refractivity contribution in [3.63, 3.8) is 0 Å². The number of benzene rings is 1. The molecule has 1 N–H and O–H groups in total. The number of amides is 2. The molecule has 0 spiro atoms. The van der Waals surface area contributed by atoms with E-state index in [4.69, 9.17) is 8.92 Å². The van der Waals surface area contributed by atoms with Crippen LogP contribution < -0.4 is 14.2 Å². The smallest absolute Gasteiger partial charge is 0.318 e. The lowest BCUT2D eigenvalue weighted by atomic mass is 9.96. The van der Waals surface area contributed by atoms with E-state index in [1.165, 1.54) is 20.5 Å². The number of urea groups is 1. The molecule has 0 bridgehead atoms. The van der Waals surface area contributed by atoms with Crippen molar-refractivity contribution in [1.82, 2.24) is 10.2 Å². The molecule has 7 nitrogen and oxygen atoms in total. The molecule has 0 heterocycles. The maximum Gasteiger partial charge on any atom is 0.318 e. The third-order valence-electron chi connectivity index (χ3n) is 5.47. The third kappa shape index (κ3) is 6.80. The Hall–Kier alpha value is -1.96. The van der Waals surface area contributed by atoms with E-state index in [2.05, 4.69) is 5.32 Å². The number of nitrogens with zero attached hydrogens (tertiary/aromatic N) is 1. The number of hydrogen-bond acceptors (Lipinski definition) is 5. The van der Waals surface area contributed by atoms with Gasteiger partial charge in [-0.15, -0.1) is 0 Å². The van der Waals surface area contributed by atoms with Gasteiger partial charge in [-0.1, -0.05) is 32.3 Å². The number of carbonyl (C=O) groups is 1. The van der Waals surface area contributed by atoms with Gasteiger partial charge in [0.1, 0.15) is 0 Å². The topological polar surface area (TPSA) is 84.9 Å². The average molecular weight is 427 g/mol. The first-order valence-electron chi connectivity index (χ1n) is 10.5. The van der Waals surface area contributed by atoms with Crippen LogP contribution in [-0.2, 0) is 16.7 Å². The van der Waals surface area contributed by atoms with E-state index < -0.39 is 10.1 Å². The minimum Gasteiger partial charge on any atom is -0.493 e. The summed E-state index contributed by atoms with van der Waals surface area (Å²) in [5.41, 5.74) is 0.784. The Morgan fingerprint density at radius 1 is 1.21 bits per heavy atom. The monoisotopic (exact) mass is 426 g/mol. The zero-order valence-electron chi connectivity index (χ0n) is 17.9. The second-order valence-corrected chi connectivity index (χ2v) is 9.44. The number of hydrogen-bond donors (Lipinski definition) is 1. The Morgan fingerprint density at radius 2 is 1.90 bits per heavy atom. The SMILES string of the molecule is CC[C@@H](C)N(Cc1ccc(OC)c(OS(=O)(=O)CC)c1)C(=O)NC1CCCCC1. The number of nitrogens with one attached hydrogen (secondary N) is 1. The molecule has 1 aromatic rings. The molecule has 8 heteroatoms. The highest BCUT2D eigenvalue weighted by molar-refractivity contribution is 7.87. The highest BCUT2D eigenvalue weighted by atomic mass is 32.2. The van der Waals surface area contributed by atoms with Gasteiger partial charge in [-0.3, -0.25) is 0 Å². The van der Waals surface area contributed by atoms with E-state index in [9.17, 15) is 13.2 Å². The van der Waals surface area contributed by atoms with Crippen LogP contribution in [0.5, 0.6) is 11.5 Å². The van der Waals surface area contributed by atoms with Gasteiger partial charge in [0.05, 0.1) is 12.9 Å². The van der Waals surface area contributed by atoms with Crippen molar-refractivity contribution >= 4 is 16.1 Å². The second-order valence-electron chi connectivity index (χ2n) is 7.58. The van der Waals surface area contributed by atoms with Gasteiger partial charge >= 0.3 is 16.1 Å². The lowest BCUT2D eigenvalue weighted by molar-refractivity contribution is 0.166. The van der Waals surface area contributed by atoms with Crippen LogP contribution in [0, 0.1) is 0 Å². The first-order valence-corrected chi connectivity index (χ1v) is 12.0. The largest absolute Gasteiger partial charge is 0.493 e. The molecule has 1 saturated carbocycles. The maximum absolute atomic E-state index is 13.0. The Labute approximate surface area is 174 Å². The second kappa shape index (κ2) is 10.7. The van der Waals surface area contributed by atoms with E-state index in [0.29, 0.717) is 12.3 Å². The van der Waals surface area contributed by atoms with Gasteiger partial charge in [-0.25, -0.2) is 4.79 Å². The minimum atomic E-state index is -3.68. The molecule has 0 aliphatic heterocycles. The normalized spacial score (nSPS) is 16.1. The number of carbonyl (C=O) groups excluding carboxylic acids is 1. The fraction of sp³-hybridized carbons (Fsp3) is 0.667. The summed E-state index contributed by atoms with van der Waals surface area (Å²) < 4.78 is 34.2. The van der Waals surface area contributed by atoms with E-state index in [1.807, 2.05) is 19.9 Å². The van der Waals surface area contributed by atoms with Crippen LogP contribution in [0.25, 0.3) is 0 Å². The average Bonchev–Trinajstić information content (AvgIpc) is 2.72. The minimum absolute atomic E-state index is 0.0458. The zero-order chi connectivity index (χ0) is 21.4. The van der Waals surface area contributed by atoms with Gasteiger partial charge < -0.3 is 19.1 Å². The molecule has 1 aliphatic rings. The molecule has 1 aromatic carbocycles. The van der Waals surface area contributed by atoms with Crippen molar-refractivity contribution in [2.45, 2.75) is 77.9 Å². The summed E-state index contributed by atoms with van der Waals surface area (Å²) in [7, 11) is -2.22. The Kier molecular flexibility index (Phi) is 8.61. The molecular formula is C21H34N2O5S. The summed E-state index contributed by atoms with van der Waals surface area (Å²) in [6, 6.07) is 5.33. The number of methoxy groups -OCH3 is 1. The van der Waals surface area contributed by atoms with Crippen LogP contribution in [0.2, 0.25) is 0 Å². The molecule has 0 unspecified atom stereocenters. The summed E-state index contributed by atoms with van der Waals surface area (Å²) in [4.78, 5) is 14.8. The molecule has 0 aromatic heterocycles. The molecule has 1 fully saturated rings. The number of rotatable bonds is 9. The zero-order valence-corrected chi connectivity index (χ0v) is 18.8. The van der Waals surface area contributed by atoms with E-state index in [-0.39, 0.29) is 29.6 Å². The van der Waals surface area contributed by atoms with Crippen molar-refractivity contribution in [3.05, 3.63) is 23.8 Å². The van der Waals surface area contributed by atoms with Crippen LogP contribution in [0.4, 0.5) is 4.79 Å². The van der Waals surface area contributed by atoms with Crippen molar-refractivity contribution in [2.24, 2.45) is 0 Å². The van der Waals surface area contributed by atoms with Gasteiger partial charge in [0.15, 0.2) is 11.5 Å². The highest BCUT2D eigenvalue weighted by Gasteiger charge is 2.24. The van der Waals surface area contributed by atoms with Crippen LogP contribution in [0.1, 0.15) is 64.9 Å². The molecule has 29 heavy (non-hydrogen) atoms. The van der Waals surface area contributed by atoms with Gasteiger partial charge in [-0.2, -0.15) is 8.42 Å². The molecule has 0 saturated heterocycles. The Balaban J connectivity index is 2.20. The lowest BCUT2D eigenvalue weighted by Crippen LogP contribution is -2.48. The summed E-state index contributed by atoms with van der Waals surface area (Å²) in [6.45, 7) is 5.94. The van der Waals surface area contributed by atoms with Crippen LogP contribution in [0.3, 0.4) is 0 Å². The van der Waals surface area contributed by atoms with Crippen LogP contribution in [0.15, 0.2) is 18.2 Å². The summed E-state index contributed by atoms with van der Waals surface area (Å²) in [5, 5.41) is 3.17. The number of ether oxygens (including phenoxy) is 1. The third-order valence-corrected chi connectivity index (χ3v) is 6.61. The molecule has 0 radical (unpaired) electrons. The van der Waals surface area contributed by atoms with E-state index in [0.717, 1.165) is 37.7 Å². The molecule has 1 atom stereocenters. The van der Waals surface area contributed by atoms with Crippen molar-refractivity contribution < 1.29 is 22.1 Å². The van der Waals surface area contributed by atoms with E-state index in [1.54, 1.807) is 17.0 Å². The van der Waals surface area contributed by atoms with Gasteiger partial charge in [-0.05, 0) is 50.8 Å². The fourth-order valence-electron chi connectivity index (χ4n) is 3.43. The fourth-order valence-corrected chi connectivity index (χ4v) is 3.95. The molecule has 1 aliphatic carbocycles. The summed E-state index contributed by atoms with van der Waals surface area (Å²) in [6.07, 6.45) is 6.41. The van der Waals surface area contributed by atoms with Crippen molar-refractivity contribution in [2.75, 3.05) is 12.9 Å². The first-order chi connectivity index (χ1) is 13.8. The predicted octanol–water partition coefficient (Wildman–Crippen LogP) is 4.07. The standard InChI is InChI=1S/C21H34N2O5S/c1-5-16(3)23(21(24)22-18-10-8-7-9-11-18)15-17-12-13-19(27-4)20(14-17)28-29(25,26)6-2/h12-14,16,18H,5-11,15H2,1-4H3,(H,22,24)/t16-/m1/s1. The van der Waals surface area contributed by atoms with Gasteiger partial charge in [0.2, 0.25) is 0 Å². The lowest BCUT2D eigenvalue weighted by Gasteiger charge is -2.32.